The van der Waals surface area contributed by atoms with Crippen LogP contribution in [0, 0.1) is 0 Å². The number of esters is 1. The van der Waals surface area contributed by atoms with E-state index in [0.717, 1.165) is 37.4 Å². The molecule has 1 saturated heterocycles. The van der Waals surface area contributed by atoms with Crippen LogP contribution in [0.5, 0.6) is 0 Å². The maximum atomic E-state index is 13.9. The van der Waals surface area contributed by atoms with E-state index in [1.807, 2.05) is 66.7 Å². The average molecular weight is 515 g/mol. The van der Waals surface area contributed by atoms with Crippen molar-refractivity contribution in [2.24, 2.45) is 0 Å². The average Bonchev–Trinajstić information content (AvgIpc) is 2.95. The van der Waals surface area contributed by atoms with Crippen molar-refractivity contribution in [3.05, 3.63) is 90.1 Å². The van der Waals surface area contributed by atoms with Crippen molar-refractivity contribution in [2.75, 3.05) is 57.1 Å². The second kappa shape index (κ2) is 13.3. The quantitative estimate of drug-likeness (QED) is 0.323. The van der Waals surface area contributed by atoms with Crippen LogP contribution in [0.4, 0.5) is 17.5 Å². The molecule has 198 valence electrons. The normalized spacial score (nSPS) is 13.9. The zero-order valence-electron chi connectivity index (χ0n) is 21.9. The first-order valence-corrected chi connectivity index (χ1v) is 12.7. The van der Waals surface area contributed by atoms with Gasteiger partial charge in [0.25, 0.3) is 5.91 Å². The Labute approximate surface area is 223 Å². The minimum atomic E-state index is -0.329. The van der Waals surface area contributed by atoms with Gasteiger partial charge in [0.15, 0.2) is 0 Å². The monoisotopic (exact) mass is 514 g/mol. The Morgan fingerprint density at radius 2 is 1.68 bits per heavy atom. The SMILES string of the molecule is COC(=O)C/C=C/CN(Cc1ccccc1)C(=O)c1cnc(N2CCN(C)CC2)nc1Nc1ccccc1. The third-order valence-electron chi connectivity index (χ3n) is 6.34. The zero-order chi connectivity index (χ0) is 26.7. The highest BCUT2D eigenvalue weighted by Gasteiger charge is 2.24. The number of benzene rings is 2. The summed E-state index contributed by atoms with van der Waals surface area (Å²) >= 11 is 0. The minimum Gasteiger partial charge on any atom is -0.469 e. The summed E-state index contributed by atoms with van der Waals surface area (Å²) in [5.74, 6) is 0.520. The first kappa shape index (κ1) is 26.8. The molecule has 2 heterocycles. The summed E-state index contributed by atoms with van der Waals surface area (Å²) in [7, 11) is 3.46. The molecule has 4 rings (SSSR count). The number of hydrogen-bond acceptors (Lipinski definition) is 8. The van der Waals surface area contributed by atoms with Crippen molar-refractivity contribution >= 4 is 29.3 Å². The summed E-state index contributed by atoms with van der Waals surface area (Å²) in [6, 6.07) is 19.5. The lowest BCUT2D eigenvalue weighted by Gasteiger charge is -2.32. The molecule has 0 saturated carbocycles. The van der Waals surface area contributed by atoms with Gasteiger partial charge in [-0.25, -0.2) is 4.98 Å². The molecule has 0 atom stereocenters. The zero-order valence-corrected chi connectivity index (χ0v) is 21.9. The third-order valence-corrected chi connectivity index (χ3v) is 6.34. The van der Waals surface area contributed by atoms with E-state index in [4.69, 9.17) is 9.72 Å². The van der Waals surface area contributed by atoms with E-state index in [9.17, 15) is 9.59 Å². The van der Waals surface area contributed by atoms with E-state index in [1.54, 1.807) is 17.2 Å². The molecule has 0 bridgehead atoms. The molecule has 9 heteroatoms. The lowest BCUT2D eigenvalue weighted by atomic mass is 10.1. The van der Waals surface area contributed by atoms with Gasteiger partial charge in [-0.3, -0.25) is 9.59 Å². The van der Waals surface area contributed by atoms with E-state index in [1.165, 1.54) is 7.11 Å². The lowest BCUT2D eigenvalue weighted by molar-refractivity contribution is -0.139. The Hall–Kier alpha value is -4.24. The molecule has 38 heavy (non-hydrogen) atoms. The molecular formula is C29H34N6O3. The van der Waals surface area contributed by atoms with Crippen LogP contribution < -0.4 is 10.2 Å². The fraction of sp³-hybridized carbons (Fsp3) is 0.310. The number of hydrogen-bond donors (Lipinski definition) is 1. The second-order valence-corrected chi connectivity index (χ2v) is 9.14. The van der Waals surface area contributed by atoms with E-state index in [-0.39, 0.29) is 18.3 Å². The summed E-state index contributed by atoms with van der Waals surface area (Å²) in [5, 5.41) is 3.34. The number of rotatable bonds is 10. The molecule has 0 spiro atoms. The number of anilines is 3. The molecular weight excluding hydrogens is 480 g/mol. The molecule has 0 radical (unpaired) electrons. The minimum absolute atomic E-state index is 0.146. The van der Waals surface area contributed by atoms with Crippen LogP contribution in [-0.4, -0.2) is 78.5 Å². The van der Waals surface area contributed by atoms with Gasteiger partial charge < -0.3 is 24.8 Å². The highest BCUT2D eigenvalue weighted by Crippen LogP contribution is 2.24. The smallest absolute Gasteiger partial charge is 0.309 e. The van der Waals surface area contributed by atoms with Gasteiger partial charge in [-0.2, -0.15) is 4.98 Å². The first-order valence-electron chi connectivity index (χ1n) is 12.7. The van der Waals surface area contributed by atoms with Gasteiger partial charge in [0.05, 0.1) is 13.5 Å². The van der Waals surface area contributed by atoms with E-state index in [2.05, 4.69) is 27.1 Å². The number of nitrogens with zero attached hydrogens (tertiary/aromatic N) is 5. The number of para-hydroxylation sites is 1. The molecule has 1 amide bonds. The van der Waals surface area contributed by atoms with Crippen LogP contribution in [0.15, 0.2) is 79.0 Å². The van der Waals surface area contributed by atoms with Gasteiger partial charge in [0, 0.05) is 51.2 Å². The van der Waals surface area contributed by atoms with Gasteiger partial charge in [-0.15, -0.1) is 0 Å². The number of carbonyl (C=O) groups is 2. The van der Waals surface area contributed by atoms with E-state index < -0.39 is 0 Å². The van der Waals surface area contributed by atoms with Crippen LogP contribution >= 0.6 is 0 Å². The van der Waals surface area contributed by atoms with Crippen LogP contribution in [0.2, 0.25) is 0 Å². The van der Waals surface area contributed by atoms with E-state index >= 15 is 0 Å². The molecule has 3 aromatic rings. The van der Waals surface area contributed by atoms with Crippen molar-refractivity contribution in [3.8, 4) is 0 Å². The van der Waals surface area contributed by atoms with Crippen molar-refractivity contribution in [3.63, 3.8) is 0 Å². The Morgan fingerprint density at radius 3 is 2.37 bits per heavy atom. The number of likely N-dealkylation sites (N-methyl/N-ethyl adjacent to an activating group) is 1. The summed E-state index contributed by atoms with van der Waals surface area (Å²) in [5.41, 5.74) is 2.20. The van der Waals surface area contributed by atoms with Crippen LogP contribution in [0.1, 0.15) is 22.3 Å². The predicted molar refractivity (Wildman–Crippen MR) is 148 cm³/mol. The Bertz CT molecular complexity index is 1230. The van der Waals surface area contributed by atoms with Gasteiger partial charge in [0.1, 0.15) is 11.4 Å². The van der Waals surface area contributed by atoms with Gasteiger partial charge in [-0.05, 0) is 24.7 Å². The number of nitrogens with one attached hydrogen (secondary N) is 1. The lowest BCUT2D eigenvalue weighted by Crippen LogP contribution is -2.45. The fourth-order valence-corrected chi connectivity index (χ4v) is 4.10. The number of ether oxygens (including phenoxy) is 1. The maximum absolute atomic E-state index is 13.9. The molecule has 1 aromatic heterocycles. The fourth-order valence-electron chi connectivity index (χ4n) is 4.10. The number of methoxy groups -OCH3 is 1. The summed E-state index contributed by atoms with van der Waals surface area (Å²) < 4.78 is 4.71. The Kier molecular flexibility index (Phi) is 9.42. The molecule has 1 aliphatic rings. The van der Waals surface area contributed by atoms with E-state index in [0.29, 0.717) is 30.4 Å². The Morgan fingerprint density at radius 1 is 1.00 bits per heavy atom. The van der Waals surface area contributed by atoms with Gasteiger partial charge >= 0.3 is 5.97 Å². The highest BCUT2D eigenvalue weighted by molar-refractivity contribution is 5.99. The molecule has 9 nitrogen and oxygen atoms in total. The molecule has 1 N–H and O–H groups in total. The predicted octanol–water partition coefficient (Wildman–Crippen LogP) is 3.73. The van der Waals surface area contributed by atoms with Crippen LogP contribution in [0.25, 0.3) is 0 Å². The van der Waals surface area contributed by atoms with Crippen molar-refractivity contribution in [1.82, 2.24) is 19.8 Å². The number of carbonyl (C=O) groups excluding carboxylic acids is 2. The molecule has 1 fully saturated rings. The van der Waals surface area contributed by atoms with Crippen LogP contribution in [-0.2, 0) is 16.1 Å². The van der Waals surface area contributed by atoms with Crippen LogP contribution in [0.3, 0.4) is 0 Å². The second-order valence-electron chi connectivity index (χ2n) is 9.14. The summed E-state index contributed by atoms with van der Waals surface area (Å²) in [6.07, 6.45) is 5.28. The number of aromatic nitrogens is 2. The largest absolute Gasteiger partial charge is 0.469 e. The standard InChI is InChI=1S/C29H34N6O3/c1-33-17-19-34(20-18-33)29-30-21-25(27(32-29)31-24-13-7-4-8-14-24)28(37)35(16-10-9-15-26(36)38-2)22-23-11-5-3-6-12-23/h3-14,21H,15-20,22H2,1-2H3,(H,30,31,32)/b10-9+. The molecule has 2 aromatic carbocycles. The maximum Gasteiger partial charge on any atom is 0.309 e. The topological polar surface area (TPSA) is 90.9 Å². The van der Waals surface area contributed by atoms with Gasteiger partial charge in [-0.1, -0.05) is 60.7 Å². The summed E-state index contributed by atoms with van der Waals surface area (Å²) in [6.45, 7) is 4.20. The molecule has 0 aliphatic carbocycles. The molecule has 0 unspecified atom stereocenters. The van der Waals surface area contributed by atoms with Crippen molar-refractivity contribution < 1.29 is 14.3 Å². The molecule has 1 aliphatic heterocycles. The number of amides is 1. The third kappa shape index (κ3) is 7.39. The first-order chi connectivity index (χ1) is 18.5. The van der Waals surface area contributed by atoms with Crippen molar-refractivity contribution in [1.29, 1.82) is 0 Å². The highest BCUT2D eigenvalue weighted by atomic mass is 16.5. The number of piperazine rings is 1. The summed E-state index contributed by atoms with van der Waals surface area (Å²) in [4.78, 5) is 41.0. The Balaban J connectivity index is 1.63. The van der Waals surface area contributed by atoms with Crippen molar-refractivity contribution in [2.45, 2.75) is 13.0 Å². The van der Waals surface area contributed by atoms with Gasteiger partial charge in [0.2, 0.25) is 5.95 Å².